The molecule has 0 radical (unpaired) electrons. The summed E-state index contributed by atoms with van der Waals surface area (Å²) in [6.45, 7) is 1.73. The second-order valence-electron chi connectivity index (χ2n) is 10.2. The molecule has 1 N–H and O–H groups in total. The molecule has 2 fully saturated rings. The van der Waals surface area contributed by atoms with Crippen LogP contribution in [0.2, 0.25) is 0 Å². The van der Waals surface area contributed by atoms with Crippen LogP contribution in [-0.4, -0.2) is 85.2 Å². The molecule has 2 aromatic heterocycles. The molecule has 2 saturated heterocycles. The molecular weight excluding hydrogens is 664 g/mol. The number of halogens is 8. The molecular formula is C24H18F8N8O5S. The van der Waals surface area contributed by atoms with Crippen LogP contribution >= 0.6 is 11.8 Å². The number of pyridine rings is 1. The Hall–Kier alpha value is -4.47. The van der Waals surface area contributed by atoms with Gasteiger partial charge in [-0.05, 0) is 34.3 Å². The van der Waals surface area contributed by atoms with Gasteiger partial charge in [-0.15, -0.1) is 5.10 Å². The Morgan fingerprint density at radius 1 is 1.09 bits per heavy atom. The summed E-state index contributed by atoms with van der Waals surface area (Å²) < 4.78 is 113. The monoisotopic (exact) mass is 682 g/mol. The van der Waals surface area contributed by atoms with Crippen molar-refractivity contribution in [1.82, 2.24) is 30.1 Å². The summed E-state index contributed by atoms with van der Waals surface area (Å²) >= 11 is 0.673. The quantitative estimate of drug-likeness (QED) is 0.199. The Kier molecular flexibility index (Phi) is 8.61. The van der Waals surface area contributed by atoms with Gasteiger partial charge < -0.3 is 15.0 Å². The van der Waals surface area contributed by atoms with Crippen molar-refractivity contribution in [2.24, 2.45) is 11.8 Å². The fourth-order valence-electron chi connectivity index (χ4n) is 4.72. The number of hydrogen-bond acceptors (Lipinski definition) is 10. The van der Waals surface area contributed by atoms with Crippen molar-refractivity contribution in [2.45, 2.75) is 34.6 Å². The first-order chi connectivity index (χ1) is 21.5. The molecule has 46 heavy (non-hydrogen) atoms. The molecule has 2 unspecified atom stereocenters. The number of benzene rings is 1. The van der Waals surface area contributed by atoms with Crippen molar-refractivity contribution in [3.05, 3.63) is 57.5 Å². The number of carbonyl (C=O) groups excluding carboxylic acids is 2. The molecule has 4 heterocycles. The van der Waals surface area contributed by atoms with Crippen LogP contribution in [0.15, 0.2) is 40.5 Å². The summed E-state index contributed by atoms with van der Waals surface area (Å²) in [4.78, 5) is 41.1. The molecule has 13 nitrogen and oxygen atoms in total. The predicted octanol–water partition coefficient (Wildman–Crippen LogP) is 3.91. The summed E-state index contributed by atoms with van der Waals surface area (Å²) in [5.41, 5.74) is -3.28. The number of amides is 2. The predicted molar refractivity (Wildman–Crippen MR) is 136 cm³/mol. The van der Waals surface area contributed by atoms with E-state index in [2.05, 4.69) is 20.5 Å². The fourth-order valence-corrected chi connectivity index (χ4v) is 5.60. The lowest BCUT2D eigenvalue weighted by Crippen LogP contribution is -2.50. The highest BCUT2D eigenvalue weighted by Crippen LogP contribution is 2.51. The minimum Gasteiger partial charge on any atom is -0.381 e. The average molecular weight is 683 g/mol. The highest BCUT2D eigenvalue weighted by molar-refractivity contribution is 7.99. The molecule has 1 aromatic carbocycles. The molecule has 246 valence electrons. The van der Waals surface area contributed by atoms with E-state index in [1.165, 1.54) is 0 Å². The highest BCUT2D eigenvalue weighted by atomic mass is 32.2. The fraction of sp³-hybridized carbons (Fsp3) is 0.417. The molecule has 2 amide bonds. The van der Waals surface area contributed by atoms with Gasteiger partial charge in [0, 0.05) is 53.7 Å². The van der Waals surface area contributed by atoms with E-state index >= 15 is 0 Å². The van der Waals surface area contributed by atoms with Crippen LogP contribution in [0.1, 0.15) is 15.9 Å². The number of fused-ring (bicyclic) bond motifs is 1. The third-order valence-electron chi connectivity index (χ3n) is 7.18. The molecule has 3 aromatic rings. The van der Waals surface area contributed by atoms with E-state index in [0.717, 1.165) is 22.9 Å². The first kappa shape index (κ1) is 32.9. The van der Waals surface area contributed by atoms with Crippen molar-refractivity contribution in [3.8, 4) is 0 Å². The number of hydrogen-bond donors (Lipinski definition) is 1. The Balaban J connectivity index is 1.36. The number of non-ortho nitro benzene ring substituents is 1. The first-order valence-corrected chi connectivity index (χ1v) is 13.7. The van der Waals surface area contributed by atoms with E-state index in [9.17, 15) is 54.8 Å². The number of carbonyl (C=O) groups is 2. The summed E-state index contributed by atoms with van der Waals surface area (Å²) in [5, 5.41) is 24.2. The number of alkyl halides is 7. The number of ether oxygens (including phenoxy) is 1. The number of aromatic nitrogens is 5. The van der Waals surface area contributed by atoms with Gasteiger partial charge in [0.2, 0.25) is 11.1 Å². The Morgan fingerprint density at radius 2 is 1.76 bits per heavy atom. The maximum absolute atomic E-state index is 14.6. The van der Waals surface area contributed by atoms with E-state index in [0.29, 0.717) is 38.1 Å². The number of nitrogens with one attached hydrogen (secondary N) is 1. The van der Waals surface area contributed by atoms with Gasteiger partial charge in [0.05, 0.1) is 23.7 Å². The van der Waals surface area contributed by atoms with Gasteiger partial charge in [0.25, 0.3) is 11.6 Å². The minimum absolute atomic E-state index is 0.0412. The Bertz CT molecular complexity index is 1680. The smallest absolute Gasteiger partial charge is 0.381 e. The number of nitrogens with zero attached hydrogens (tertiary/aromatic N) is 7. The molecule has 0 aliphatic carbocycles. The Labute approximate surface area is 255 Å². The highest BCUT2D eigenvalue weighted by Gasteiger charge is 2.73. The molecule has 0 spiro atoms. The van der Waals surface area contributed by atoms with Gasteiger partial charge in [-0.25, -0.2) is 14.1 Å². The zero-order valence-electron chi connectivity index (χ0n) is 22.7. The number of likely N-dealkylation sites (tertiary alicyclic amines) is 1. The summed E-state index contributed by atoms with van der Waals surface area (Å²) in [5.74, 6) is -16.8. The first-order valence-electron chi connectivity index (χ1n) is 12.9. The van der Waals surface area contributed by atoms with Crippen LogP contribution in [0.25, 0.3) is 0 Å². The van der Waals surface area contributed by atoms with Crippen molar-refractivity contribution < 1.29 is 54.4 Å². The average Bonchev–Trinajstić information content (AvgIpc) is 3.71. The molecule has 5 rings (SSSR count). The number of rotatable bonds is 9. The van der Waals surface area contributed by atoms with Gasteiger partial charge in [-0.3, -0.25) is 19.7 Å². The topological polar surface area (TPSA) is 158 Å². The lowest BCUT2D eigenvalue weighted by molar-refractivity contribution is -0.384. The van der Waals surface area contributed by atoms with Crippen LogP contribution in [0.5, 0.6) is 0 Å². The summed E-state index contributed by atoms with van der Waals surface area (Å²) in [6.07, 6.45) is -6.88. The zero-order valence-corrected chi connectivity index (χ0v) is 23.5. The maximum atomic E-state index is 14.6. The van der Waals surface area contributed by atoms with E-state index in [4.69, 9.17) is 4.74 Å². The van der Waals surface area contributed by atoms with Gasteiger partial charge in [-0.2, -0.15) is 30.7 Å². The molecule has 2 aliphatic rings. The van der Waals surface area contributed by atoms with E-state index in [1.54, 1.807) is 4.90 Å². The van der Waals surface area contributed by atoms with Crippen LogP contribution in [0.4, 0.5) is 46.6 Å². The van der Waals surface area contributed by atoms with Crippen LogP contribution < -0.4 is 5.32 Å². The second-order valence-corrected chi connectivity index (χ2v) is 11.2. The van der Waals surface area contributed by atoms with Crippen LogP contribution in [-0.2, 0) is 22.0 Å². The van der Waals surface area contributed by atoms with Crippen molar-refractivity contribution in [1.29, 1.82) is 0 Å². The normalized spacial score (nSPS) is 18.5. The Morgan fingerprint density at radius 3 is 2.37 bits per heavy atom. The second kappa shape index (κ2) is 12.0. The molecule has 0 bridgehead atoms. The SMILES string of the molecule is O=C(Nc1ncc(C(F)(F)C(F)(F)C(F)(F)F)cc1F)c1cc([N+](=O)[O-])ccc1Sc1nnnn1CC(=O)N1CC2COCC2C1. The zero-order chi connectivity index (χ0) is 33.6. The van der Waals surface area contributed by atoms with Crippen molar-refractivity contribution in [2.75, 3.05) is 31.6 Å². The molecule has 0 saturated carbocycles. The lowest BCUT2D eigenvalue weighted by atomic mass is 10.0. The van der Waals surface area contributed by atoms with Crippen LogP contribution in [0, 0.1) is 27.8 Å². The van der Waals surface area contributed by atoms with Crippen molar-refractivity contribution >= 4 is 35.1 Å². The number of tetrazole rings is 1. The van der Waals surface area contributed by atoms with Crippen molar-refractivity contribution in [3.63, 3.8) is 0 Å². The number of nitro benzene ring substituents is 1. The molecule has 2 aliphatic heterocycles. The third kappa shape index (κ3) is 6.17. The maximum Gasteiger partial charge on any atom is 0.460 e. The van der Waals surface area contributed by atoms with E-state index in [-0.39, 0.29) is 46.6 Å². The number of anilines is 1. The summed E-state index contributed by atoms with van der Waals surface area (Å²) in [6, 6.07) is 2.50. The lowest BCUT2D eigenvalue weighted by Gasteiger charge is -2.28. The van der Waals surface area contributed by atoms with Crippen LogP contribution in [0.3, 0.4) is 0 Å². The standard InChI is InChI=1S/C24H18F8N8O5S/c25-16-3-13(22(26,27)23(28,29)24(30,31)32)5-33-19(16)34-20(42)15-4-14(40(43)44)1-2-17(15)46-21-35-36-37-39(21)8-18(41)38-6-11-9-45-10-12(11)7-38/h1-5,11-12H,6-10H2,(H,33,34,42). The number of nitro groups is 1. The van der Waals surface area contributed by atoms with E-state index < -0.39 is 57.3 Å². The minimum atomic E-state index is -6.69. The summed E-state index contributed by atoms with van der Waals surface area (Å²) in [7, 11) is 0. The third-order valence-corrected chi connectivity index (χ3v) is 8.23. The molecule has 22 heteroatoms. The van der Waals surface area contributed by atoms with Gasteiger partial charge >= 0.3 is 18.0 Å². The van der Waals surface area contributed by atoms with E-state index in [1.807, 2.05) is 5.32 Å². The van der Waals surface area contributed by atoms with Gasteiger partial charge in [0.1, 0.15) is 6.54 Å². The van der Waals surface area contributed by atoms with Gasteiger partial charge in [-0.1, -0.05) is 0 Å². The van der Waals surface area contributed by atoms with Gasteiger partial charge in [0.15, 0.2) is 11.6 Å². The largest absolute Gasteiger partial charge is 0.460 e. The molecule has 2 atom stereocenters.